The lowest BCUT2D eigenvalue weighted by atomic mass is 9.68. The van der Waals surface area contributed by atoms with Crippen molar-refractivity contribution >= 4 is 17.8 Å². The van der Waals surface area contributed by atoms with Gasteiger partial charge in [0.2, 0.25) is 5.91 Å². The van der Waals surface area contributed by atoms with E-state index in [0.717, 1.165) is 32.2 Å². The predicted molar refractivity (Wildman–Crippen MR) is 129 cm³/mol. The minimum absolute atomic E-state index is 0.000679. The summed E-state index contributed by atoms with van der Waals surface area (Å²) in [4.78, 5) is 32.4. The standard InChI is InChI=1S/C26H35N5O3/c1-29(2)26(21-9-4-3-5-10-21)14-12-25(13-15-26)19-30(18-23(32)27-22-11-16-34-28-22)24(33)31(25)17-20-7-6-8-20/h3-5,9-11,16,20H,6-8,12-15,17-19H2,1-2H3,(H,27,28,32). The Bertz CT molecular complexity index is 995. The van der Waals surface area contributed by atoms with Crippen molar-refractivity contribution in [2.45, 2.75) is 56.0 Å². The first-order valence-electron chi connectivity index (χ1n) is 12.4. The normalized spacial score (nSPS) is 27.4. The van der Waals surface area contributed by atoms with Gasteiger partial charge in [0.15, 0.2) is 5.82 Å². The van der Waals surface area contributed by atoms with Gasteiger partial charge < -0.3 is 19.6 Å². The van der Waals surface area contributed by atoms with Gasteiger partial charge in [-0.15, -0.1) is 0 Å². The number of nitrogens with one attached hydrogen (secondary N) is 1. The zero-order valence-corrected chi connectivity index (χ0v) is 20.2. The van der Waals surface area contributed by atoms with E-state index in [1.807, 2.05) is 0 Å². The summed E-state index contributed by atoms with van der Waals surface area (Å²) in [6, 6.07) is 12.3. The van der Waals surface area contributed by atoms with Gasteiger partial charge in [-0.1, -0.05) is 41.9 Å². The first-order valence-corrected chi connectivity index (χ1v) is 12.4. The number of carbonyl (C=O) groups is 2. The van der Waals surface area contributed by atoms with E-state index < -0.39 is 0 Å². The number of benzene rings is 1. The predicted octanol–water partition coefficient (Wildman–Crippen LogP) is 3.92. The summed E-state index contributed by atoms with van der Waals surface area (Å²) < 4.78 is 4.79. The molecular formula is C26H35N5O3. The van der Waals surface area contributed by atoms with Crippen LogP contribution in [0.2, 0.25) is 0 Å². The summed E-state index contributed by atoms with van der Waals surface area (Å²) in [6.45, 7) is 1.44. The first kappa shape index (κ1) is 22.9. The largest absolute Gasteiger partial charge is 0.363 e. The van der Waals surface area contributed by atoms with Crippen LogP contribution in [-0.4, -0.2) is 71.1 Å². The van der Waals surface area contributed by atoms with Crippen molar-refractivity contribution < 1.29 is 14.1 Å². The first-order chi connectivity index (χ1) is 16.4. The highest BCUT2D eigenvalue weighted by Crippen LogP contribution is 2.49. The minimum atomic E-state index is -0.245. The van der Waals surface area contributed by atoms with Crippen molar-refractivity contribution in [1.29, 1.82) is 0 Å². The number of nitrogens with zero attached hydrogens (tertiary/aromatic N) is 4. The van der Waals surface area contributed by atoms with Crippen LogP contribution in [0.25, 0.3) is 0 Å². The number of carbonyl (C=O) groups excluding carboxylic acids is 2. The quantitative estimate of drug-likeness (QED) is 0.670. The van der Waals surface area contributed by atoms with Gasteiger partial charge in [0.25, 0.3) is 0 Å². The van der Waals surface area contributed by atoms with E-state index in [-0.39, 0.29) is 29.6 Å². The number of amides is 3. The maximum Gasteiger partial charge on any atom is 0.321 e. The lowest BCUT2D eigenvalue weighted by Crippen LogP contribution is -2.56. The molecule has 2 aliphatic carbocycles. The second-order valence-electron chi connectivity index (χ2n) is 10.5. The van der Waals surface area contributed by atoms with E-state index in [1.165, 1.54) is 31.1 Å². The molecule has 3 amide bonds. The molecular weight excluding hydrogens is 430 g/mol. The van der Waals surface area contributed by atoms with E-state index in [0.29, 0.717) is 18.3 Å². The van der Waals surface area contributed by atoms with E-state index in [1.54, 1.807) is 11.0 Å². The molecule has 2 aromatic rings. The molecule has 1 aliphatic heterocycles. The summed E-state index contributed by atoms with van der Waals surface area (Å²) in [5.74, 6) is 0.707. The van der Waals surface area contributed by atoms with Crippen LogP contribution < -0.4 is 5.32 Å². The van der Waals surface area contributed by atoms with Crippen LogP contribution in [0.4, 0.5) is 10.6 Å². The van der Waals surface area contributed by atoms with Crippen LogP contribution in [-0.2, 0) is 10.3 Å². The zero-order valence-electron chi connectivity index (χ0n) is 20.2. The minimum Gasteiger partial charge on any atom is -0.363 e. The molecule has 8 nitrogen and oxygen atoms in total. The Kier molecular flexibility index (Phi) is 6.10. The number of hydrogen-bond acceptors (Lipinski definition) is 5. The highest BCUT2D eigenvalue weighted by atomic mass is 16.5. The monoisotopic (exact) mass is 465 g/mol. The Balaban J connectivity index is 1.35. The Labute approximate surface area is 201 Å². The van der Waals surface area contributed by atoms with Crippen molar-refractivity contribution in [2.24, 2.45) is 5.92 Å². The Morgan fingerprint density at radius 2 is 1.88 bits per heavy atom. The summed E-state index contributed by atoms with van der Waals surface area (Å²) in [5.41, 5.74) is 1.10. The van der Waals surface area contributed by atoms with Gasteiger partial charge in [0, 0.05) is 24.7 Å². The van der Waals surface area contributed by atoms with Crippen molar-refractivity contribution in [3.63, 3.8) is 0 Å². The molecule has 0 radical (unpaired) electrons. The van der Waals surface area contributed by atoms with Crippen LogP contribution in [0.15, 0.2) is 47.2 Å². The fourth-order valence-corrected chi connectivity index (χ4v) is 6.14. The molecule has 0 unspecified atom stereocenters. The zero-order chi connectivity index (χ0) is 23.8. The second-order valence-corrected chi connectivity index (χ2v) is 10.5. The molecule has 1 aromatic heterocycles. The van der Waals surface area contributed by atoms with Gasteiger partial charge in [-0.2, -0.15) is 0 Å². The third-order valence-electron chi connectivity index (χ3n) is 8.44. The van der Waals surface area contributed by atoms with E-state index >= 15 is 0 Å². The van der Waals surface area contributed by atoms with Gasteiger partial charge in [0.05, 0.1) is 5.54 Å². The third kappa shape index (κ3) is 4.08. The molecule has 3 fully saturated rings. The molecule has 34 heavy (non-hydrogen) atoms. The average Bonchev–Trinajstić information content (AvgIpc) is 3.39. The Hall–Kier alpha value is -2.87. The van der Waals surface area contributed by atoms with Crippen LogP contribution in [0, 0.1) is 5.92 Å². The maximum absolute atomic E-state index is 13.6. The van der Waals surface area contributed by atoms with Gasteiger partial charge in [-0.3, -0.25) is 9.69 Å². The SMILES string of the molecule is CN(C)C1(c2ccccc2)CCC2(CC1)CN(CC(=O)Nc1ccon1)C(=O)N2CC1CCC1. The lowest BCUT2D eigenvalue weighted by molar-refractivity contribution is -0.116. The fourth-order valence-electron chi connectivity index (χ4n) is 6.14. The molecule has 1 aromatic carbocycles. The average molecular weight is 466 g/mol. The summed E-state index contributed by atoms with van der Waals surface area (Å²) >= 11 is 0. The molecule has 182 valence electrons. The molecule has 1 spiro atoms. The molecule has 8 heteroatoms. The summed E-state index contributed by atoms with van der Waals surface area (Å²) in [6.07, 6.45) is 8.88. The van der Waals surface area contributed by atoms with E-state index in [9.17, 15) is 9.59 Å². The van der Waals surface area contributed by atoms with Gasteiger partial charge in [-0.05, 0) is 64.1 Å². The topological polar surface area (TPSA) is 81.9 Å². The second kappa shape index (κ2) is 9.06. The molecule has 5 rings (SSSR count). The summed E-state index contributed by atoms with van der Waals surface area (Å²) in [7, 11) is 4.33. The van der Waals surface area contributed by atoms with Crippen LogP contribution in [0.1, 0.15) is 50.5 Å². The number of rotatable bonds is 7. The van der Waals surface area contributed by atoms with Gasteiger partial charge in [0.1, 0.15) is 12.8 Å². The molecule has 1 N–H and O–H groups in total. The molecule has 1 saturated heterocycles. The number of anilines is 1. The highest BCUT2D eigenvalue weighted by molar-refractivity contribution is 5.94. The van der Waals surface area contributed by atoms with Crippen molar-refractivity contribution in [1.82, 2.24) is 19.9 Å². The van der Waals surface area contributed by atoms with Crippen LogP contribution in [0.3, 0.4) is 0 Å². The lowest BCUT2D eigenvalue weighted by Gasteiger charge is -2.51. The van der Waals surface area contributed by atoms with E-state index in [2.05, 4.69) is 64.7 Å². The number of aromatic nitrogens is 1. The highest BCUT2D eigenvalue weighted by Gasteiger charge is 2.55. The number of hydrogen-bond donors (Lipinski definition) is 1. The molecule has 2 saturated carbocycles. The Morgan fingerprint density at radius 3 is 2.47 bits per heavy atom. The van der Waals surface area contributed by atoms with Gasteiger partial charge >= 0.3 is 6.03 Å². The fraction of sp³-hybridized carbons (Fsp3) is 0.577. The molecule has 0 bridgehead atoms. The van der Waals surface area contributed by atoms with Crippen molar-refractivity contribution in [2.75, 3.05) is 39.0 Å². The smallest absolute Gasteiger partial charge is 0.321 e. The van der Waals surface area contributed by atoms with E-state index in [4.69, 9.17) is 4.52 Å². The van der Waals surface area contributed by atoms with Crippen LogP contribution in [0.5, 0.6) is 0 Å². The van der Waals surface area contributed by atoms with Crippen LogP contribution >= 0.6 is 0 Å². The Morgan fingerprint density at radius 1 is 1.15 bits per heavy atom. The molecule has 0 atom stereocenters. The summed E-state index contributed by atoms with van der Waals surface area (Å²) in [5, 5.41) is 6.47. The third-order valence-corrected chi connectivity index (χ3v) is 8.44. The van der Waals surface area contributed by atoms with Crippen molar-refractivity contribution in [3.8, 4) is 0 Å². The molecule has 2 heterocycles. The van der Waals surface area contributed by atoms with Crippen molar-refractivity contribution in [3.05, 3.63) is 48.2 Å². The number of urea groups is 1. The maximum atomic E-state index is 13.6. The van der Waals surface area contributed by atoms with Gasteiger partial charge in [-0.25, -0.2) is 4.79 Å². The molecule has 3 aliphatic rings.